The molecule has 8 heavy (non-hydrogen) atoms. The maximum atomic E-state index is 9.83. The van der Waals surface area contributed by atoms with Gasteiger partial charge in [0, 0.05) is 0 Å². The summed E-state index contributed by atoms with van der Waals surface area (Å²) in [6, 6.07) is 0. The second kappa shape index (κ2) is 2.78. The molecule has 1 atom stereocenters. The van der Waals surface area contributed by atoms with Crippen LogP contribution >= 0.6 is 12.8 Å². The second-order valence-electron chi connectivity index (χ2n) is 1.26. The van der Waals surface area contributed by atoms with E-state index < -0.39 is 12.3 Å². The number of hydrogen-bond acceptors (Lipinski definition) is 3. The van der Waals surface area contributed by atoms with Crippen molar-refractivity contribution in [3.8, 4) is 0 Å². The minimum absolute atomic E-state index is 0.500. The van der Waals surface area contributed by atoms with E-state index in [1.54, 1.807) is 0 Å². The van der Waals surface area contributed by atoms with Gasteiger partial charge >= 0.3 is 6.09 Å². The maximum Gasteiger partial charge on any atom is 0.419 e. The third-order valence-corrected chi connectivity index (χ3v) is 1.06. The molecular formula is C3H7NO3S. The van der Waals surface area contributed by atoms with Gasteiger partial charge in [-0.25, -0.2) is 9.10 Å². The molecule has 0 bridgehead atoms. The molecule has 0 radical (unpaired) electrons. The summed E-state index contributed by atoms with van der Waals surface area (Å²) in [5, 5.41) is 16.5. The molecule has 0 saturated carbocycles. The fourth-order valence-corrected chi connectivity index (χ4v) is 0.160. The van der Waals surface area contributed by atoms with Gasteiger partial charge in [0.2, 0.25) is 0 Å². The molecule has 1 unspecified atom stereocenters. The molecule has 0 aromatic carbocycles. The number of carboxylic acid groups (broad SMARTS) is 1. The van der Waals surface area contributed by atoms with Crippen LogP contribution in [0.5, 0.6) is 0 Å². The highest BCUT2D eigenvalue weighted by Gasteiger charge is 2.10. The number of nitrogens with zero attached hydrogens (tertiary/aromatic N) is 1. The highest BCUT2D eigenvalue weighted by molar-refractivity contribution is 7.78. The van der Waals surface area contributed by atoms with Gasteiger partial charge in [-0.3, -0.25) is 0 Å². The first-order valence-corrected chi connectivity index (χ1v) is 2.35. The van der Waals surface area contributed by atoms with Gasteiger partial charge in [-0.2, -0.15) is 0 Å². The third kappa shape index (κ3) is 2.04. The summed E-state index contributed by atoms with van der Waals surface area (Å²) in [5.41, 5.74) is 0. The average Bonchev–Trinajstić information content (AvgIpc) is 1.64. The smallest absolute Gasteiger partial charge is 0.419 e. The van der Waals surface area contributed by atoms with Gasteiger partial charge in [-0.1, -0.05) is 12.8 Å². The van der Waals surface area contributed by atoms with Crippen molar-refractivity contribution in [2.75, 3.05) is 0 Å². The Labute approximate surface area is 52.3 Å². The monoisotopic (exact) mass is 137 g/mol. The first kappa shape index (κ1) is 7.58. The lowest BCUT2D eigenvalue weighted by atomic mass is 10.7. The fourth-order valence-electron chi connectivity index (χ4n) is 0.160. The van der Waals surface area contributed by atoms with Gasteiger partial charge in [0.15, 0.2) is 0 Å². The second-order valence-corrected chi connectivity index (χ2v) is 1.69. The topological polar surface area (TPSA) is 60.8 Å². The number of rotatable bonds is 1. The summed E-state index contributed by atoms with van der Waals surface area (Å²) in [7, 11) is 0. The van der Waals surface area contributed by atoms with Crippen molar-refractivity contribution < 1.29 is 15.0 Å². The van der Waals surface area contributed by atoms with Crippen LogP contribution in [0.2, 0.25) is 0 Å². The molecular weight excluding hydrogens is 130 g/mol. The molecule has 1 amide bonds. The maximum absolute atomic E-state index is 9.83. The standard InChI is InChI=1S/C3H7NO3S/c1-2(5)4(8)3(6)7/h2,5,8H,1H3,(H,6,7). The third-order valence-electron chi connectivity index (χ3n) is 0.550. The van der Waals surface area contributed by atoms with Crippen molar-refractivity contribution in [3.63, 3.8) is 0 Å². The highest BCUT2D eigenvalue weighted by atomic mass is 32.1. The van der Waals surface area contributed by atoms with Crippen LogP contribution in [0.3, 0.4) is 0 Å². The van der Waals surface area contributed by atoms with Crippen molar-refractivity contribution in [1.29, 1.82) is 0 Å². The van der Waals surface area contributed by atoms with Crippen molar-refractivity contribution in [3.05, 3.63) is 0 Å². The molecule has 0 heterocycles. The molecule has 4 nitrogen and oxygen atoms in total. The van der Waals surface area contributed by atoms with Crippen LogP contribution < -0.4 is 0 Å². The molecule has 2 N–H and O–H groups in total. The Morgan fingerprint density at radius 2 is 2.25 bits per heavy atom. The molecule has 48 valence electrons. The summed E-state index contributed by atoms with van der Waals surface area (Å²) in [5.74, 6) is 0. The van der Waals surface area contributed by atoms with Gasteiger partial charge in [-0.05, 0) is 6.92 Å². The van der Waals surface area contributed by atoms with Crippen LogP contribution in [0.4, 0.5) is 4.79 Å². The zero-order chi connectivity index (χ0) is 6.73. The predicted octanol–water partition coefficient (Wildman–Crippen LogP) is 0.149. The molecule has 5 heteroatoms. The van der Waals surface area contributed by atoms with E-state index in [1.165, 1.54) is 6.92 Å². The van der Waals surface area contributed by atoms with E-state index in [9.17, 15) is 4.79 Å². The van der Waals surface area contributed by atoms with Crippen LogP contribution in [0.15, 0.2) is 0 Å². The molecule has 0 aliphatic rings. The Morgan fingerprint density at radius 3 is 2.25 bits per heavy atom. The minimum atomic E-state index is -1.26. The number of carbonyl (C=O) groups is 1. The lowest BCUT2D eigenvalue weighted by molar-refractivity contribution is 0.0815. The Balaban J connectivity index is 3.64. The molecule has 0 fully saturated rings. The van der Waals surface area contributed by atoms with Crippen LogP contribution in [0, 0.1) is 0 Å². The Kier molecular flexibility index (Phi) is 2.64. The molecule has 0 aromatic heterocycles. The normalized spacial score (nSPS) is 12.9. The summed E-state index contributed by atoms with van der Waals surface area (Å²) >= 11 is 3.40. The largest absolute Gasteiger partial charge is 0.464 e. The molecule has 0 spiro atoms. The number of aliphatic hydroxyl groups excluding tert-OH is 1. The SMILES string of the molecule is CC(O)N(S)C(=O)O. The Hall–Kier alpha value is -0.420. The number of hydrogen-bond donors (Lipinski definition) is 3. The van der Waals surface area contributed by atoms with Crippen molar-refractivity contribution in [2.24, 2.45) is 0 Å². The van der Waals surface area contributed by atoms with Crippen LogP contribution in [0.1, 0.15) is 6.92 Å². The molecule has 0 aliphatic heterocycles. The average molecular weight is 137 g/mol. The number of amides is 1. The Bertz CT molecular complexity index is 94.5. The first-order chi connectivity index (χ1) is 3.55. The lowest BCUT2D eigenvalue weighted by Crippen LogP contribution is -2.28. The summed E-state index contributed by atoms with van der Waals surface area (Å²) in [6.45, 7) is 1.31. The first-order valence-electron chi connectivity index (χ1n) is 1.95. The predicted molar refractivity (Wildman–Crippen MR) is 30.5 cm³/mol. The van der Waals surface area contributed by atoms with Crippen molar-refractivity contribution in [1.82, 2.24) is 4.31 Å². The van der Waals surface area contributed by atoms with E-state index in [1.807, 2.05) is 0 Å². The highest BCUT2D eigenvalue weighted by Crippen LogP contribution is 1.97. The van der Waals surface area contributed by atoms with E-state index in [0.717, 1.165) is 0 Å². The zero-order valence-corrected chi connectivity index (χ0v) is 5.17. The van der Waals surface area contributed by atoms with E-state index in [-0.39, 0.29) is 0 Å². The number of thiol groups is 1. The van der Waals surface area contributed by atoms with Gasteiger partial charge < -0.3 is 10.2 Å². The van der Waals surface area contributed by atoms with Gasteiger partial charge in [-0.15, -0.1) is 0 Å². The van der Waals surface area contributed by atoms with E-state index in [4.69, 9.17) is 10.2 Å². The van der Waals surface area contributed by atoms with Crippen LogP contribution in [-0.4, -0.2) is 26.8 Å². The van der Waals surface area contributed by atoms with E-state index >= 15 is 0 Å². The van der Waals surface area contributed by atoms with Crippen LogP contribution in [0.25, 0.3) is 0 Å². The van der Waals surface area contributed by atoms with Crippen molar-refractivity contribution >= 4 is 18.9 Å². The van der Waals surface area contributed by atoms with E-state index in [2.05, 4.69) is 12.8 Å². The minimum Gasteiger partial charge on any atom is -0.464 e. The van der Waals surface area contributed by atoms with Gasteiger partial charge in [0.25, 0.3) is 0 Å². The number of aliphatic hydroxyl groups is 1. The quantitative estimate of drug-likeness (QED) is 0.356. The summed E-state index contributed by atoms with van der Waals surface area (Å²) in [4.78, 5) is 9.83. The Morgan fingerprint density at radius 1 is 1.88 bits per heavy atom. The fraction of sp³-hybridized carbons (Fsp3) is 0.667. The van der Waals surface area contributed by atoms with Crippen LogP contribution in [-0.2, 0) is 0 Å². The van der Waals surface area contributed by atoms with Gasteiger partial charge in [0.05, 0.1) is 0 Å². The molecule has 0 saturated heterocycles. The zero-order valence-electron chi connectivity index (χ0n) is 4.27. The molecule has 0 aliphatic carbocycles. The van der Waals surface area contributed by atoms with Crippen molar-refractivity contribution in [2.45, 2.75) is 13.2 Å². The molecule has 0 aromatic rings. The molecule has 0 rings (SSSR count). The van der Waals surface area contributed by atoms with Gasteiger partial charge in [0.1, 0.15) is 6.23 Å². The lowest BCUT2D eigenvalue weighted by Gasteiger charge is -2.12. The summed E-state index contributed by atoms with van der Waals surface area (Å²) in [6.07, 6.45) is -2.32. The van der Waals surface area contributed by atoms with E-state index in [0.29, 0.717) is 4.31 Å². The summed E-state index contributed by atoms with van der Waals surface area (Å²) < 4.78 is 0.500.